The summed E-state index contributed by atoms with van der Waals surface area (Å²) in [7, 11) is 0. The van der Waals surface area contributed by atoms with Crippen molar-refractivity contribution >= 4 is 28.8 Å². The maximum atomic E-state index is 12.9. The number of benzene rings is 1. The summed E-state index contributed by atoms with van der Waals surface area (Å²) in [5, 5.41) is 8.89. The maximum absolute atomic E-state index is 12.9. The number of nitrogens with zero attached hydrogens (tertiary/aromatic N) is 8. The van der Waals surface area contributed by atoms with Gasteiger partial charge in [0.2, 0.25) is 17.8 Å². The molecule has 0 aliphatic carbocycles. The molecule has 0 saturated carbocycles. The Kier molecular flexibility index (Phi) is 6.29. The average Bonchev–Trinajstić information content (AvgIpc) is 3.50. The van der Waals surface area contributed by atoms with Gasteiger partial charge in [0.25, 0.3) is 0 Å². The van der Waals surface area contributed by atoms with Gasteiger partial charge in [-0.3, -0.25) is 14.5 Å². The molecule has 1 unspecified atom stereocenters. The summed E-state index contributed by atoms with van der Waals surface area (Å²) in [5.41, 5.74) is 8.08. The van der Waals surface area contributed by atoms with Crippen molar-refractivity contribution in [2.45, 2.75) is 13.0 Å². The van der Waals surface area contributed by atoms with Crippen molar-refractivity contribution in [3.63, 3.8) is 0 Å². The van der Waals surface area contributed by atoms with Crippen molar-refractivity contribution in [1.29, 1.82) is 5.26 Å². The largest absolute Gasteiger partial charge is 0.366 e. The molecular weight excluding hydrogens is 446 g/mol. The lowest BCUT2D eigenvalue weighted by molar-refractivity contribution is -0.132. The topological polar surface area (TPSA) is 137 Å². The molecule has 180 valence electrons. The van der Waals surface area contributed by atoms with Crippen LogP contribution in [0.1, 0.15) is 22.3 Å². The number of nitrogens with two attached hydrogens (primary N) is 1. The summed E-state index contributed by atoms with van der Waals surface area (Å²) in [6.07, 6.45) is 5.85. The highest BCUT2D eigenvalue weighted by atomic mass is 16.2. The third-order valence-electron chi connectivity index (χ3n) is 6.77. The number of piperazine rings is 1. The number of rotatable bonds is 6. The third-order valence-corrected chi connectivity index (χ3v) is 6.77. The predicted molar refractivity (Wildman–Crippen MR) is 128 cm³/mol. The minimum absolute atomic E-state index is 0.144. The number of fused-ring (bicyclic) bond motifs is 1. The zero-order valence-corrected chi connectivity index (χ0v) is 19.4. The quantitative estimate of drug-likeness (QED) is 0.545. The highest BCUT2D eigenvalue weighted by Gasteiger charge is 2.28. The van der Waals surface area contributed by atoms with E-state index in [1.807, 2.05) is 21.9 Å². The van der Waals surface area contributed by atoms with E-state index in [1.165, 1.54) is 12.4 Å². The van der Waals surface area contributed by atoms with Crippen molar-refractivity contribution in [3.8, 4) is 6.07 Å². The molecule has 2 N–H and O–H groups in total. The van der Waals surface area contributed by atoms with Crippen molar-refractivity contribution < 1.29 is 9.59 Å². The Bertz CT molecular complexity index is 1270. The zero-order chi connectivity index (χ0) is 24.4. The van der Waals surface area contributed by atoms with Crippen LogP contribution in [0.5, 0.6) is 0 Å². The first-order valence-electron chi connectivity index (χ1n) is 11.7. The lowest BCUT2D eigenvalue weighted by Gasteiger charge is -2.35. The molecule has 2 aliphatic rings. The Hall–Kier alpha value is -4.04. The minimum atomic E-state index is -0.449. The van der Waals surface area contributed by atoms with Gasteiger partial charge in [0.05, 0.1) is 41.9 Å². The molecule has 0 radical (unpaired) electrons. The van der Waals surface area contributed by atoms with E-state index in [0.717, 1.165) is 37.1 Å². The van der Waals surface area contributed by atoms with Crippen LogP contribution in [0.3, 0.4) is 0 Å². The summed E-state index contributed by atoms with van der Waals surface area (Å²) >= 11 is 0. The SMILES string of the molecule is N#Cc1cnc(N2CCN(C(=O)CN3CCC(Cn4cnc5ccc(C(N)=O)cc54)C3)CC2)nc1. The number of carbonyl (C=O) groups is 2. The maximum Gasteiger partial charge on any atom is 0.248 e. The number of hydrogen-bond acceptors (Lipinski definition) is 8. The summed E-state index contributed by atoms with van der Waals surface area (Å²) < 4.78 is 2.07. The highest BCUT2D eigenvalue weighted by Crippen LogP contribution is 2.22. The van der Waals surface area contributed by atoms with Gasteiger partial charge in [-0.1, -0.05) is 0 Å². The first-order valence-corrected chi connectivity index (χ1v) is 11.7. The Morgan fingerprint density at radius 2 is 1.86 bits per heavy atom. The van der Waals surface area contributed by atoms with Crippen LogP contribution in [0.25, 0.3) is 11.0 Å². The van der Waals surface area contributed by atoms with Crippen LogP contribution in [0, 0.1) is 17.2 Å². The molecule has 1 aromatic carbocycles. The molecule has 2 aromatic heterocycles. The van der Waals surface area contributed by atoms with Crippen LogP contribution in [0.4, 0.5) is 5.95 Å². The molecule has 2 saturated heterocycles. The van der Waals surface area contributed by atoms with Crippen LogP contribution < -0.4 is 10.6 Å². The Morgan fingerprint density at radius 3 is 2.57 bits per heavy atom. The van der Waals surface area contributed by atoms with Gasteiger partial charge in [0.1, 0.15) is 6.07 Å². The van der Waals surface area contributed by atoms with Crippen LogP contribution in [0.2, 0.25) is 0 Å². The second-order valence-corrected chi connectivity index (χ2v) is 9.11. The lowest BCUT2D eigenvalue weighted by Crippen LogP contribution is -2.51. The normalized spacial score (nSPS) is 18.7. The monoisotopic (exact) mass is 473 g/mol. The van der Waals surface area contributed by atoms with E-state index in [0.29, 0.717) is 55.7 Å². The summed E-state index contributed by atoms with van der Waals surface area (Å²) in [4.78, 5) is 43.6. The molecule has 4 heterocycles. The van der Waals surface area contributed by atoms with Crippen molar-refractivity contribution in [1.82, 2.24) is 29.3 Å². The number of carbonyl (C=O) groups excluding carboxylic acids is 2. The number of likely N-dealkylation sites (tertiary alicyclic amines) is 1. The van der Waals surface area contributed by atoms with E-state index in [1.54, 1.807) is 18.5 Å². The van der Waals surface area contributed by atoms with E-state index in [-0.39, 0.29) is 5.91 Å². The standard InChI is InChI=1S/C24H27N9O2/c25-10-18-11-27-24(28-12-18)32-7-5-31(6-8-32)22(34)15-30-4-3-17(13-30)14-33-16-29-20-2-1-19(23(26)35)9-21(20)33/h1-2,9,11-12,16-17H,3-8,13-15H2,(H2,26,35). The fourth-order valence-corrected chi connectivity index (χ4v) is 4.83. The van der Waals surface area contributed by atoms with Crippen LogP contribution in [-0.4, -0.2) is 86.9 Å². The second-order valence-electron chi connectivity index (χ2n) is 9.11. The van der Waals surface area contributed by atoms with Crippen molar-refractivity contribution in [3.05, 3.63) is 48.0 Å². The molecule has 11 heteroatoms. The zero-order valence-electron chi connectivity index (χ0n) is 19.4. The van der Waals surface area contributed by atoms with Gasteiger partial charge >= 0.3 is 0 Å². The lowest BCUT2D eigenvalue weighted by atomic mass is 10.1. The second kappa shape index (κ2) is 9.68. The molecular formula is C24H27N9O2. The van der Waals surface area contributed by atoms with Gasteiger partial charge in [-0.05, 0) is 37.1 Å². The molecule has 0 spiro atoms. The molecule has 2 aliphatic heterocycles. The number of imidazole rings is 1. The molecule has 0 bridgehead atoms. The van der Waals surface area contributed by atoms with Crippen molar-refractivity contribution in [2.24, 2.45) is 11.7 Å². The summed E-state index contributed by atoms with van der Waals surface area (Å²) in [6, 6.07) is 7.33. The van der Waals surface area contributed by atoms with Gasteiger partial charge in [0, 0.05) is 44.8 Å². The first kappa shape index (κ1) is 22.7. The molecule has 2 fully saturated rings. The fourth-order valence-electron chi connectivity index (χ4n) is 4.83. The first-order chi connectivity index (χ1) is 17.0. The highest BCUT2D eigenvalue weighted by molar-refractivity contribution is 5.96. The average molecular weight is 474 g/mol. The molecule has 11 nitrogen and oxygen atoms in total. The Morgan fingerprint density at radius 1 is 1.09 bits per heavy atom. The third kappa shape index (κ3) is 4.93. The smallest absolute Gasteiger partial charge is 0.248 e. The molecule has 3 aromatic rings. The molecule has 2 amide bonds. The minimum Gasteiger partial charge on any atom is -0.366 e. The van der Waals surface area contributed by atoms with Crippen LogP contribution in [-0.2, 0) is 11.3 Å². The summed E-state index contributed by atoms with van der Waals surface area (Å²) in [5.74, 6) is 0.692. The molecule has 5 rings (SSSR count). The van der Waals surface area contributed by atoms with E-state index in [4.69, 9.17) is 11.0 Å². The number of primary amides is 1. The Balaban J connectivity index is 1.12. The Labute approximate surface area is 202 Å². The summed E-state index contributed by atoms with van der Waals surface area (Å²) in [6.45, 7) is 5.52. The van der Waals surface area contributed by atoms with Crippen LogP contribution in [0.15, 0.2) is 36.9 Å². The number of nitriles is 1. The van der Waals surface area contributed by atoms with E-state index >= 15 is 0 Å². The van der Waals surface area contributed by atoms with Gasteiger partial charge < -0.3 is 20.1 Å². The van der Waals surface area contributed by atoms with Crippen molar-refractivity contribution in [2.75, 3.05) is 50.7 Å². The van der Waals surface area contributed by atoms with Crippen LogP contribution >= 0.6 is 0 Å². The number of anilines is 1. The van der Waals surface area contributed by atoms with Gasteiger partial charge in [-0.25, -0.2) is 15.0 Å². The molecule has 35 heavy (non-hydrogen) atoms. The van der Waals surface area contributed by atoms with E-state index < -0.39 is 5.91 Å². The molecule has 1 atom stereocenters. The van der Waals surface area contributed by atoms with Gasteiger partial charge in [0.15, 0.2) is 0 Å². The van der Waals surface area contributed by atoms with E-state index in [2.05, 4.69) is 24.4 Å². The van der Waals surface area contributed by atoms with E-state index in [9.17, 15) is 9.59 Å². The number of aromatic nitrogens is 4. The van der Waals surface area contributed by atoms with Gasteiger partial charge in [-0.2, -0.15) is 5.26 Å². The number of amides is 2. The predicted octanol–water partition coefficient (Wildman–Crippen LogP) is 0.468. The number of hydrogen-bond donors (Lipinski definition) is 1. The fraction of sp³-hybridized carbons (Fsp3) is 0.417. The van der Waals surface area contributed by atoms with Gasteiger partial charge in [-0.15, -0.1) is 0 Å².